The third-order valence-electron chi connectivity index (χ3n) is 9.84. The first-order valence-corrected chi connectivity index (χ1v) is 16.7. The molecule has 0 fully saturated rings. The summed E-state index contributed by atoms with van der Waals surface area (Å²) in [7, 11) is 0. The largest absolute Gasteiger partial charge is 0.309 e. The van der Waals surface area contributed by atoms with E-state index >= 15 is 0 Å². The quantitative estimate of drug-likeness (QED) is 0.179. The molecule has 0 amide bonds. The molecule has 1 heterocycles. The van der Waals surface area contributed by atoms with Gasteiger partial charge >= 0.3 is 0 Å². The van der Waals surface area contributed by atoms with E-state index in [2.05, 4.69) is 114 Å². The fourth-order valence-corrected chi connectivity index (χ4v) is 7.68. The van der Waals surface area contributed by atoms with Crippen LogP contribution in [0.2, 0.25) is 0 Å². The summed E-state index contributed by atoms with van der Waals surface area (Å²) in [5, 5.41) is 36.9. The molecule has 8 aromatic carbocycles. The predicted octanol–water partition coefficient (Wildman–Crippen LogP) is 11.7. The maximum Gasteiger partial charge on any atom is 0.0998 e. The van der Waals surface area contributed by atoms with Crippen LogP contribution in [-0.4, -0.2) is 4.57 Å². The smallest absolute Gasteiger partial charge is 0.0998 e. The Balaban J connectivity index is 1.31. The molecule has 0 N–H and O–H groups in total. The summed E-state index contributed by atoms with van der Waals surface area (Å²) in [5.74, 6) is 0. The number of hydrogen-bond acceptors (Lipinski definition) is 3. The van der Waals surface area contributed by atoms with Gasteiger partial charge in [-0.05, 0) is 110 Å². The van der Waals surface area contributed by atoms with Crippen molar-refractivity contribution in [1.29, 1.82) is 15.8 Å². The molecule has 0 aliphatic rings. The van der Waals surface area contributed by atoms with Gasteiger partial charge in [0.25, 0.3) is 0 Å². The Labute approximate surface area is 294 Å². The molecule has 0 saturated carbocycles. The van der Waals surface area contributed by atoms with Crippen LogP contribution in [0.4, 0.5) is 0 Å². The van der Waals surface area contributed by atoms with E-state index in [-0.39, 0.29) is 0 Å². The maximum atomic E-state index is 10.4. The van der Waals surface area contributed by atoms with E-state index in [9.17, 15) is 15.8 Å². The van der Waals surface area contributed by atoms with Gasteiger partial charge in [-0.15, -0.1) is 0 Å². The van der Waals surface area contributed by atoms with E-state index in [1.165, 1.54) is 5.56 Å². The zero-order valence-electron chi connectivity index (χ0n) is 27.3. The Morgan fingerprint density at radius 2 is 0.941 bits per heavy atom. The minimum absolute atomic E-state index is 0.512. The van der Waals surface area contributed by atoms with Crippen LogP contribution < -0.4 is 0 Å². The molecule has 0 saturated heterocycles. The molecule has 51 heavy (non-hydrogen) atoms. The molecule has 0 aliphatic heterocycles. The van der Waals surface area contributed by atoms with Crippen LogP contribution in [0.1, 0.15) is 16.7 Å². The summed E-state index contributed by atoms with van der Waals surface area (Å²) < 4.78 is 2.18. The molecular weight excluding hydrogens is 621 g/mol. The van der Waals surface area contributed by atoms with Gasteiger partial charge in [0.2, 0.25) is 0 Å². The second-order valence-electron chi connectivity index (χ2n) is 12.7. The third kappa shape index (κ3) is 4.74. The van der Waals surface area contributed by atoms with Gasteiger partial charge in [-0.3, -0.25) is 0 Å². The van der Waals surface area contributed by atoms with Crippen LogP contribution in [0.15, 0.2) is 158 Å². The third-order valence-corrected chi connectivity index (χ3v) is 9.84. The Bertz CT molecular complexity index is 2940. The molecular formula is C47H26N4. The van der Waals surface area contributed by atoms with Crippen molar-refractivity contribution in [2.24, 2.45) is 0 Å². The molecule has 4 nitrogen and oxygen atoms in total. The van der Waals surface area contributed by atoms with Crippen LogP contribution in [0.25, 0.3) is 82.4 Å². The summed E-state index contributed by atoms with van der Waals surface area (Å²) in [6, 6.07) is 60.2. The van der Waals surface area contributed by atoms with Crippen LogP contribution in [0.5, 0.6) is 0 Å². The number of nitrogens with zero attached hydrogens (tertiary/aromatic N) is 4. The number of aromatic nitrogens is 1. The summed E-state index contributed by atoms with van der Waals surface area (Å²) in [4.78, 5) is 0. The highest BCUT2D eigenvalue weighted by Crippen LogP contribution is 2.45. The van der Waals surface area contributed by atoms with Crippen LogP contribution >= 0.6 is 0 Å². The highest BCUT2D eigenvalue weighted by Gasteiger charge is 2.19. The molecule has 0 unspecified atom stereocenters. The van der Waals surface area contributed by atoms with Gasteiger partial charge < -0.3 is 4.57 Å². The molecule has 1 aromatic heterocycles. The monoisotopic (exact) mass is 646 g/mol. The second-order valence-corrected chi connectivity index (χ2v) is 12.7. The van der Waals surface area contributed by atoms with Crippen molar-refractivity contribution in [2.75, 3.05) is 0 Å². The number of para-hydroxylation sites is 1. The number of nitriles is 3. The predicted molar refractivity (Wildman–Crippen MR) is 206 cm³/mol. The van der Waals surface area contributed by atoms with Gasteiger partial charge in [-0.1, -0.05) is 97.1 Å². The lowest BCUT2D eigenvalue weighted by atomic mass is 9.84. The minimum atomic E-state index is 0.512. The molecule has 0 aliphatic carbocycles. The van der Waals surface area contributed by atoms with Gasteiger partial charge in [0.05, 0.1) is 45.9 Å². The highest BCUT2D eigenvalue weighted by atomic mass is 15.0. The zero-order chi connectivity index (χ0) is 34.5. The van der Waals surface area contributed by atoms with E-state index in [0.717, 1.165) is 76.9 Å². The molecule has 4 heteroatoms. The average molecular weight is 647 g/mol. The lowest BCUT2D eigenvalue weighted by Crippen LogP contribution is -1.97. The zero-order valence-corrected chi connectivity index (χ0v) is 27.3. The topological polar surface area (TPSA) is 76.3 Å². The average Bonchev–Trinajstić information content (AvgIpc) is 3.53. The fourth-order valence-electron chi connectivity index (χ4n) is 7.68. The Hall–Kier alpha value is -7.45. The van der Waals surface area contributed by atoms with Gasteiger partial charge in [0.15, 0.2) is 0 Å². The first kappa shape index (κ1) is 29.7. The van der Waals surface area contributed by atoms with Crippen LogP contribution in [-0.2, 0) is 0 Å². The molecule has 0 radical (unpaired) electrons. The summed E-state index contributed by atoms with van der Waals surface area (Å²) in [5.41, 5.74) is 10.3. The lowest BCUT2D eigenvalue weighted by Gasteiger charge is -2.19. The van der Waals surface area contributed by atoms with Gasteiger partial charge in [0.1, 0.15) is 0 Å². The first-order chi connectivity index (χ1) is 25.2. The molecule has 9 rings (SSSR count). The Morgan fingerprint density at radius 1 is 0.373 bits per heavy atom. The Kier molecular flexibility index (Phi) is 6.93. The van der Waals surface area contributed by atoms with Crippen molar-refractivity contribution in [3.05, 3.63) is 174 Å². The lowest BCUT2D eigenvalue weighted by molar-refractivity contribution is 1.18. The second kappa shape index (κ2) is 11.9. The van der Waals surface area contributed by atoms with Crippen molar-refractivity contribution in [3.63, 3.8) is 0 Å². The van der Waals surface area contributed by atoms with Crippen LogP contribution in [0, 0.1) is 34.0 Å². The molecule has 0 bridgehead atoms. The van der Waals surface area contributed by atoms with E-state index < -0.39 is 0 Å². The normalized spacial score (nSPS) is 11.1. The highest BCUT2D eigenvalue weighted by molar-refractivity contribution is 6.21. The van der Waals surface area contributed by atoms with Gasteiger partial charge in [-0.2, -0.15) is 15.8 Å². The van der Waals surface area contributed by atoms with Crippen molar-refractivity contribution < 1.29 is 0 Å². The van der Waals surface area contributed by atoms with Gasteiger partial charge in [-0.25, -0.2) is 0 Å². The van der Waals surface area contributed by atoms with E-state index in [0.29, 0.717) is 16.7 Å². The van der Waals surface area contributed by atoms with E-state index in [4.69, 9.17) is 0 Å². The summed E-state index contributed by atoms with van der Waals surface area (Å²) in [6.45, 7) is 0. The van der Waals surface area contributed by atoms with Crippen molar-refractivity contribution in [3.8, 4) is 57.3 Å². The first-order valence-electron chi connectivity index (χ1n) is 16.7. The standard InChI is InChI=1S/C47H26N4/c48-27-30-18-21-45-43(24-30)37-12-8-9-17-44(37)51(45)36-20-19-33(29-50)42(26-36)34-22-31(28-49)23-35(25-34)47-40-15-6-4-13-38(40)46(32-10-2-1-3-11-32)39-14-5-7-16-41(39)47/h1-26H. The summed E-state index contributed by atoms with van der Waals surface area (Å²) in [6.07, 6.45) is 0. The van der Waals surface area contributed by atoms with Crippen molar-refractivity contribution >= 4 is 43.4 Å². The van der Waals surface area contributed by atoms with Crippen molar-refractivity contribution in [2.45, 2.75) is 0 Å². The van der Waals surface area contributed by atoms with Crippen molar-refractivity contribution in [1.82, 2.24) is 4.57 Å². The van der Waals surface area contributed by atoms with Gasteiger partial charge in [0, 0.05) is 22.0 Å². The fraction of sp³-hybridized carbons (Fsp3) is 0. The molecule has 0 atom stereocenters. The van der Waals surface area contributed by atoms with Crippen LogP contribution in [0.3, 0.4) is 0 Å². The van der Waals surface area contributed by atoms with E-state index in [1.807, 2.05) is 66.7 Å². The Morgan fingerprint density at radius 3 is 1.59 bits per heavy atom. The number of rotatable bonds is 4. The molecule has 9 aromatic rings. The number of benzene rings is 8. The summed E-state index contributed by atoms with van der Waals surface area (Å²) >= 11 is 0. The number of hydrogen-bond donors (Lipinski definition) is 0. The minimum Gasteiger partial charge on any atom is -0.309 e. The number of fused-ring (bicyclic) bond motifs is 5. The van der Waals surface area contributed by atoms with E-state index in [1.54, 1.807) is 0 Å². The SMILES string of the molecule is N#Cc1cc(-c2cc(-n3c4ccccc4c4cc(C#N)ccc43)ccc2C#N)cc(-c2c3ccccc3c(-c3ccccc3)c3ccccc23)c1. The molecule has 234 valence electrons. The molecule has 0 spiro atoms. The maximum absolute atomic E-state index is 10.4.